The average molecular weight is 348 g/mol. The smallest absolute Gasteiger partial charge is 0.207 e. The summed E-state index contributed by atoms with van der Waals surface area (Å²) in [5.74, 6) is 0.964. The van der Waals surface area contributed by atoms with Crippen LogP contribution in [0.5, 0.6) is 0 Å². The van der Waals surface area contributed by atoms with Crippen LogP contribution in [-0.4, -0.2) is 15.6 Å². The maximum atomic E-state index is 4.68. The third-order valence-corrected chi connectivity index (χ3v) is 4.80. The van der Waals surface area contributed by atoms with Crippen molar-refractivity contribution in [1.82, 2.24) is 9.55 Å². The lowest BCUT2D eigenvalue weighted by Crippen LogP contribution is -2.24. The summed E-state index contributed by atoms with van der Waals surface area (Å²) in [7, 11) is 0. The van der Waals surface area contributed by atoms with Crippen LogP contribution >= 0.6 is 15.9 Å². The van der Waals surface area contributed by atoms with Gasteiger partial charge in [0.15, 0.2) is 0 Å². The molecule has 3 rings (SSSR count). The van der Waals surface area contributed by atoms with Gasteiger partial charge in [-0.2, -0.15) is 0 Å². The van der Waals surface area contributed by atoms with Crippen LogP contribution < -0.4 is 5.32 Å². The van der Waals surface area contributed by atoms with Gasteiger partial charge in [-0.15, -0.1) is 0 Å². The molecule has 0 aliphatic heterocycles. The second-order valence-electron chi connectivity index (χ2n) is 6.01. The molecule has 0 unspecified atom stereocenters. The molecule has 1 N–H and O–H groups in total. The molecular weight excluding hydrogens is 326 g/mol. The zero-order chi connectivity index (χ0) is 14.8. The number of imidazole rings is 1. The molecule has 1 aromatic heterocycles. The summed E-state index contributed by atoms with van der Waals surface area (Å²) in [6, 6.07) is 6.97. The summed E-state index contributed by atoms with van der Waals surface area (Å²) in [5, 5.41) is 3.65. The highest BCUT2D eigenvalue weighted by Gasteiger charge is 2.17. The van der Waals surface area contributed by atoms with Crippen molar-refractivity contribution in [3.63, 3.8) is 0 Å². The Labute approximate surface area is 134 Å². The minimum atomic E-state index is 0.558. The molecule has 1 aliphatic carbocycles. The van der Waals surface area contributed by atoms with E-state index < -0.39 is 0 Å². The topological polar surface area (TPSA) is 29.9 Å². The summed E-state index contributed by atoms with van der Waals surface area (Å²) in [6.45, 7) is 4.17. The van der Waals surface area contributed by atoms with E-state index in [0.29, 0.717) is 6.04 Å². The van der Waals surface area contributed by atoms with Crippen molar-refractivity contribution in [1.29, 1.82) is 0 Å². The fourth-order valence-corrected chi connectivity index (χ4v) is 3.46. The summed E-state index contributed by atoms with van der Waals surface area (Å²) in [4.78, 5) is 4.68. The van der Waals surface area contributed by atoms with Gasteiger partial charge < -0.3 is 5.32 Å². The Morgan fingerprint density at radius 3 is 2.71 bits per heavy atom. The van der Waals surface area contributed by atoms with Crippen molar-refractivity contribution in [2.45, 2.75) is 52.0 Å². The fourth-order valence-electron chi connectivity index (χ4n) is 3.02. The monoisotopic (exact) mass is 347 g/mol. The molecule has 0 saturated heterocycles. The Kier molecular flexibility index (Phi) is 4.34. The van der Waals surface area contributed by atoms with Crippen LogP contribution in [0.1, 0.15) is 43.4 Å². The molecule has 1 heterocycles. The molecule has 0 spiro atoms. The van der Waals surface area contributed by atoms with Crippen LogP contribution in [0.2, 0.25) is 0 Å². The summed E-state index contributed by atoms with van der Waals surface area (Å²) in [5.41, 5.74) is 3.44. The first-order valence-corrected chi connectivity index (χ1v) is 8.52. The lowest BCUT2D eigenvalue weighted by molar-refractivity contribution is 0.460. The van der Waals surface area contributed by atoms with Crippen LogP contribution in [0.3, 0.4) is 0 Å². The van der Waals surface area contributed by atoms with Crippen molar-refractivity contribution >= 4 is 21.9 Å². The van der Waals surface area contributed by atoms with Crippen LogP contribution in [0, 0.1) is 13.8 Å². The van der Waals surface area contributed by atoms with Crippen molar-refractivity contribution in [3.05, 3.63) is 40.1 Å². The molecule has 0 atom stereocenters. The predicted octanol–water partition coefficient (Wildman–Crippen LogP) is 5.00. The number of nitrogens with zero attached hydrogens (tertiary/aromatic N) is 2. The van der Waals surface area contributed by atoms with E-state index in [4.69, 9.17) is 0 Å². The molecular formula is C17H22BrN3. The number of benzene rings is 1. The van der Waals surface area contributed by atoms with E-state index in [1.54, 1.807) is 0 Å². The molecule has 0 bridgehead atoms. The standard InChI is InChI=1S/C17H22BrN3/c1-12-8-9-15(18)16(10-12)21-11-13(2)19-17(21)20-14-6-4-3-5-7-14/h8-11,14H,3-7H2,1-2H3,(H,19,20). The van der Waals surface area contributed by atoms with Crippen molar-refractivity contribution in [2.75, 3.05) is 5.32 Å². The molecule has 0 amide bonds. The molecule has 3 nitrogen and oxygen atoms in total. The van der Waals surface area contributed by atoms with E-state index in [1.165, 1.54) is 37.7 Å². The molecule has 1 aliphatic rings. The number of hydrogen-bond donors (Lipinski definition) is 1. The van der Waals surface area contributed by atoms with Gasteiger partial charge in [0.2, 0.25) is 5.95 Å². The van der Waals surface area contributed by atoms with Gasteiger partial charge in [-0.3, -0.25) is 4.57 Å². The van der Waals surface area contributed by atoms with Crippen molar-refractivity contribution < 1.29 is 0 Å². The Hall–Kier alpha value is -1.29. The number of aromatic nitrogens is 2. The first-order chi connectivity index (χ1) is 10.1. The highest BCUT2D eigenvalue weighted by Crippen LogP contribution is 2.28. The highest BCUT2D eigenvalue weighted by molar-refractivity contribution is 9.10. The molecule has 1 saturated carbocycles. The van der Waals surface area contributed by atoms with Gasteiger partial charge in [0.1, 0.15) is 0 Å². The Bertz CT molecular complexity index is 627. The number of hydrogen-bond acceptors (Lipinski definition) is 2. The number of halogens is 1. The van der Waals surface area contributed by atoms with E-state index in [2.05, 4.69) is 62.1 Å². The summed E-state index contributed by atoms with van der Waals surface area (Å²) in [6.07, 6.45) is 8.62. The van der Waals surface area contributed by atoms with Gasteiger partial charge in [-0.25, -0.2) is 4.98 Å². The second kappa shape index (κ2) is 6.22. The minimum Gasteiger partial charge on any atom is -0.353 e. The lowest BCUT2D eigenvalue weighted by Gasteiger charge is -2.24. The quantitative estimate of drug-likeness (QED) is 0.846. The van der Waals surface area contributed by atoms with E-state index in [1.807, 2.05) is 6.92 Å². The maximum absolute atomic E-state index is 4.68. The van der Waals surface area contributed by atoms with E-state index in [9.17, 15) is 0 Å². The highest BCUT2D eigenvalue weighted by atomic mass is 79.9. The molecule has 112 valence electrons. The fraction of sp³-hybridized carbons (Fsp3) is 0.471. The zero-order valence-corrected chi connectivity index (χ0v) is 14.3. The molecule has 21 heavy (non-hydrogen) atoms. The van der Waals surface area contributed by atoms with Crippen LogP contribution in [0.25, 0.3) is 5.69 Å². The Morgan fingerprint density at radius 1 is 1.19 bits per heavy atom. The van der Waals surface area contributed by atoms with E-state index in [0.717, 1.165) is 21.8 Å². The van der Waals surface area contributed by atoms with Gasteiger partial charge in [0.25, 0.3) is 0 Å². The molecule has 4 heteroatoms. The first-order valence-electron chi connectivity index (χ1n) is 7.72. The Balaban J connectivity index is 1.93. The van der Waals surface area contributed by atoms with Gasteiger partial charge in [-0.05, 0) is 60.3 Å². The van der Waals surface area contributed by atoms with Crippen LogP contribution in [0.15, 0.2) is 28.9 Å². The van der Waals surface area contributed by atoms with Crippen LogP contribution in [-0.2, 0) is 0 Å². The van der Waals surface area contributed by atoms with Crippen LogP contribution in [0.4, 0.5) is 5.95 Å². The zero-order valence-electron chi connectivity index (χ0n) is 12.7. The minimum absolute atomic E-state index is 0.558. The van der Waals surface area contributed by atoms with Gasteiger partial charge in [-0.1, -0.05) is 25.3 Å². The maximum Gasteiger partial charge on any atom is 0.207 e. The lowest BCUT2D eigenvalue weighted by atomic mass is 9.96. The summed E-state index contributed by atoms with van der Waals surface area (Å²) < 4.78 is 3.26. The largest absolute Gasteiger partial charge is 0.353 e. The Morgan fingerprint density at radius 2 is 1.95 bits per heavy atom. The number of anilines is 1. The number of rotatable bonds is 3. The van der Waals surface area contributed by atoms with Crippen molar-refractivity contribution in [2.24, 2.45) is 0 Å². The van der Waals surface area contributed by atoms with E-state index >= 15 is 0 Å². The van der Waals surface area contributed by atoms with E-state index in [-0.39, 0.29) is 0 Å². The van der Waals surface area contributed by atoms with Gasteiger partial charge in [0, 0.05) is 16.7 Å². The third kappa shape index (κ3) is 3.31. The molecule has 1 aromatic carbocycles. The average Bonchev–Trinajstić information content (AvgIpc) is 2.83. The molecule has 1 fully saturated rings. The predicted molar refractivity (Wildman–Crippen MR) is 91.2 cm³/mol. The molecule has 2 aromatic rings. The van der Waals surface area contributed by atoms with Crippen molar-refractivity contribution in [3.8, 4) is 5.69 Å². The SMILES string of the molecule is Cc1ccc(Br)c(-n2cc(C)nc2NC2CCCCC2)c1. The normalized spacial score (nSPS) is 16.1. The summed E-state index contributed by atoms with van der Waals surface area (Å²) >= 11 is 3.66. The van der Waals surface area contributed by atoms with Gasteiger partial charge in [0.05, 0.1) is 11.4 Å². The second-order valence-corrected chi connectivity index (χ2v) is 6.86. The number of aryl methyl sites for hydroxylation is 2. The third-order valence-electron chi connectivity index (χ3n) is 4.13. The number of nitrogens with one attached hydrogen (secondary N) is 1. The first kappa shape index (κ1) is 14.6. The van der Waals surface area contributed by atoms with Gasteiger partial charge >= 0.3 is 0 Å². The molecule has 0 radical (unpaired) electrons.